The Balaban J connectivity index is 2.02. The summed E-state index contributed by atoms with van der Waals surface area (Å²) in [5.41, 5.74) is 4.56. The number of carbonyl (C=O) groups excluding carboxylic acids is 1. The van der Waals surface area contributed by atoms with Crippen LogP contribution in [0.3, 0.4) is 0 Å². The minimum atomic E-state index is -0.0960. The number of para-hydroxylation sites is 2. The number of pyridine rings is 1. The number of benzene rings is 2. The van der Waals surface area contributed by atoms with Gasteiger partial charge in [-0.3, -0.25) is 9.78 Å². The van der Waals surface area contributed by atoms with Crippen molar-refractivity contribution >= 4 is 33.4 Å². The SMILES string of the molecule is CC(=O)Nc1ccccc1-c1nccc2c1[nH]c1ccccc12. The minimum Gasteiger partial charge on any atom is -0.353 e. The fraction of sp³-hybridized carbons (Fsp3) is 0.0526. The van der Waals surface area contributed by atoms with Gasteiger partial charge in [-0.15, -0.1) is 0 Å². The number of nitrogens with zero attached hydrogens (tertiary/aromatic N) is 1. The fourth-order valence-corrected chi connectivity index (χ4v) is 2.97. The van der Waals surface area contributed by atoms with Crippen LogP contribution in [-0.2, 0) is 4.79 Å². The van der Waals surface area contributed by atoms with Crippen LogP contribution < -0.4 is 5.32 Å². The Bertz CT molecular complexity index is 1030. The second kappa shape index (κ2) is 5.25. The van der Waals surface area contributed by atoms with Crippen LogP contribution in [0.25, 0.3) is 33.1 Å². The Kier molecular flexibility index (Phi) is 3.08. The number of nitrogens with one attached hydrogen (secondary N) is 2. The zero-order chi connectivity index (χ0) is 15.8. The number of rotatable bonds is 2. The van der Waals surface area contributed by atoms with E-state index in [1.807, 2.05) is 48.7 Å². The van der Waals surface area contributed by atoms with E-state index in [-0.39, 0.29) is 5.91 Å². The third kappa shape index (κ3) is 2.25. The van der Waals surface area contributed by atoms with E-state index in [0.29, 0.717) is 0 Å². The smallest absolute Gasteiger partial charge is 0.221 e. The van der Waals surface area contributed by atoms with Crippen LogP contribution >= 0.6 is 0 Å². The van der Waals surface area contributed by atoms with Gasteiger partial charge in [0.2, 0.25) is 5.91 Å². The molecule has 0 aliphatic heterocycles. The lowest BCUT2D eigenvalue weighted by molar-refractivity contribution is -0.114. The highest BCUT2D eigenvalue weighted by Crippen LogP contribution is 2.34. The monoisotopic (exact) mass is 301 g/mol. The fourth-order valence-electron chi connectivity index (χ4n) is 2.97. The largest absolute Gasteiger partial charge is 0.353 e. The maximum atomic E-state index is 11.5. The molecule has 0 bridgehead atoms. The molecular formula is C19H15N3O. The van der Waals surface area contributed by atoms with Crippen LogP contribution in [0.4, 0.5) is 5.69 Å². The van der Waals surface area contributed by atoms with Crippen LogP contribution in [0.5, 0.6) is 0 Å². The molecule has 23 heavy (non-hydrogen) atoms. The average Bonchev–Trinajstić information content (AvgIpc) is 2.94. The number of amides is 1. The van der Waals surface area contributed by atoms with Crippen molar-refractivity contribution in [3.8, 4) is 11.3 Å². The van der Waals surface area contributed by atoms with Gasteiger partial charge in [0.15, 0.2) is 0 Å². The zero-order valence-electron chi connectivity index (χ0n) is 12.6. The Morgan fingerprint density at radius 1 is 1.00 bits per heavy atom. The topological polar surface area (TPSA) is 57.8 Å². The summed E-state index contributed by atoms with van der Waals surface area (Å²) in [5.74, 6) is -0.0960. The van der Waals surface area contributed by atoms with Crippen molar-refractivity contribution in [2.45, 2.75) is 6.92 Å². The first-order valence-electron chi connectivity index (χ1n) is 7.46. The van der Waals surface area contributed by atoms with E-state index in [4.69, 9.17) is 0 Å². The van der Waals surface area contributed by atoms with E-state index >= 15 is 0 Å². The highest BCUT2D eigenvalue weighted by molar-refractivity contribution is 6.12. The van der Waals surface area contributed by atoms with Gasteiger partial charge < -0.3 is 10.3 Å². The molecule has 2 aromatic carbocycles. The predicted molar refractivity (Wildman–Crippen MR) is 93.3 cm³/mol. The lowest BCUT2D eigenvalue weighted by Crippen LogP contribution is -2.07. The second-order valence-corrected chi connectivity index (χ2v) is 5.48. The van der Waals surface area contributed by atoms with Crippen molar-refractivity contribution in [1.82, 2.24) is 9.97 Å². The summed E-state index contributed by atoms with van der Waals surface area (Å²) in [4.78, 5) is 19.5. The molecule has 0 radical (unpaired) electrons. The van der Waals surface area contributed by atoms with Gasteiger partial charge in [0, 0.05) is 35.0 Å². The molecule has 0 fully saturated rings. The summed E-state index contributed by atoms with van der Waals surface area (Å²) in [7, 11) is 0. The van der Waals surface area contributed by atoms with Crippen molar-refractivity contribution in [1.29, 1.82) is 0 Å². The Morgan fingerprint density at radius 2 is 1.78 bits per heavy atom. The maximum Gasteiger partial charge on any atom is 0.221 e. The molecule has 1 amide bonds. The number of fused-ring (bicyclic) bond motifs is 3. The van der Waals surface area contributed by atoms with Gasteiger partial charge in [-0.05, 0) is 18.2 Å². The quantitative estimate of drug-likeness (QED) is 0.578. The minimum absolute atomic E-state index is 0.0960. The van der Waals surface area contributed by atoms with Crippen LogP contribution in [0, 0.1) is 0 Å². The van der Waals surface area contributed by atoms with Crippen molar-refractivity contribution in [2.24, 2.45) is 0 Å². The van der Waals surface area contributed by atoms with E-state index in [2.05, 4.69) is 27.4 Å². The summed E-state index contributed by atoms with van der Waals surface area (Å²) < 4.78 is 0. The summed E-state index contributed by atoms with van der Waals surface area (Å²) in [6.07, 6.45) is 1.81. The maximum absolute atomic E-state index is 11.5. The molecule has 2 aromatic heterocycles. The molecule has 0 atom stereocenters. The zero-order valence-corrected chi connectivity index (χ0v) is 12.6. The highest BCUT2D eigenvalue weighted by Gasteiger charge is 2.13. The summed E-state index contributed by atoms with van der Waals surface area (Å²) >= 11 is 0. The molecule has 112 valence electrons. The number of anilines is 1. The molecule has 0 aliphatic carbocycles. The van der Waals surface area contributed by atoms with E-state index in [1.54, 1.807) is 0 Å². The Hall–Kier alpha value is -3.14. The molecule has 4 nitrogen and oxygen atoms in total. The van der Waals surface area contributed by atoms with E-state index in [1.165, 1.54) is 12.3 Å². The molecular weight excluding hydrogens is 286 g/mol. The predicted octanol–water partition coefficient (Wildman–Crippen LogP) is 4.34. The first kappa shape index (κ1) is 13.5. The van der Waals surface area contributed by atoms with E-state index < -0.39 is 0 Å². The number of carbonyl (C=O) groups is 1. The number of H-pyrrole nitrogens is 1. The van der Waals surface area contributed by atoms with Crippen LogP contribution in [0.15, 0.2) is 60.8 Å². The Morgan fingerprint density at radius 3 is 2.65 bits per heavy atom. The molecule has 4 aromatic rings. The lowest BCUT2D eigenvalue weighted by atomic mass is 10.1. The number of hydrogen-bond donors (Lipinski definition) is 2. The van der Waals surface area contributed by atoms with Crippen molar-refractivity contribution in [3.63, 3.8) is 0 Å². The molecule has 2 N–H and O–H groups in total. The molecule has 0 unspecified atom stereocenters. The Labute approximate surface area is 133 Å². The number of hydrogen-bond acceptors (Lipinski definition) is 2. The van der Waals surface area contributed by atoms with Crippen LogP contribution in [0.2, 0.25) is 0 Å². The molecule has 0 spiro atoms. The van der Waals surface area contributed by atoms with Gasteiger partial charge in [0.25, 0.3) is 0 Å². The van der Waals surface area contributed by atoms with Gasteiger partial charge in [-0.1, -0.05) is 36.4 Å². The lowest BCUT2D eigenvalue weighted by Gasteiger charge is -2.10. The van der Waals surface area contributed by atoms with Gasteiger partial charge >= 0.3 is 0 Å². The first-order chi connectivity index (χ1) is 11.2. The van der Waals surface area contributed by atoms with Crippen LogP contribution in [-0.4, -0.2) is 15.9 Å². The first-order valence-corrected chi connectivity index (χ1v) is 7.46. The molecule has 0 saturated carbocycles. The molecule has 2 heterocycles. The van der Waals surface area contributed by atoms with Crippen LogP contribution in [0.1, 0.15) is 6.92 Å². The average molecular weight is 301 g/mol. The summed E-state index contributed by atoms with van der Waals surface area (Å²) in [6, 6.07) is 17.9. The normalized spacial score (nSPS) is 11.0. The number of aromatic nitrogens is 2. The molecule has 4 rings (SSSR count). The van der Waals surface area contributed by atoms with Gasteiger partial charge in [0.1, 0.15) is 0 Å². The van der Waals surface area contributed by atoms with Gasteiger partial charge in [0.05, 0.1) is 16.9 Å². The van der Waals surface area contributed by atoms with Gasteiger partial charge in [-0.25, -0.2) is 0 Å². The van der Waals surface area contributed by atoms with E-state index in [9.17, 15) is 4.79 Å². The molecule has 0 saturated heterocycles. The molecule has 0 aliphatic rings. The highest BCUT2D eigenvalue weighted by atomic mass is 16.1. The third-order valence-electron chi connectivity index (χ3n) is 3.92. The summed E-state index contributed by atoms with van der Waals surface area (Å²) in [6.45, 7) is 1.51. The van der Waals surface area contributed by atoms with E-state index in [0.717, 1.165) is 33.4 Å². The van der Waals surface area contributed by atoms with Crippen molar-refractivity contribution in [3.05, 3.63) is 60.8 Å². The van der Waals surface area contributed by atoms with Gasteiger partial charge in [-0.2, -0.15) is 0 Å². The second-order valence-electron chi connectivity index (χ2n) is 5.48. The summed E-state index contributed by atoms with van der Waals surface area (Å²) in [5, 5.41) is 5.18. The van der Waals surface area contributed by atoms with Crippen molar-refractivity contribution in [2.75, 3.05) is 5.32 Å². The third-order valence-corrected chi connectivity index (χ3v) is 3.92. The standard InChI is InChI=1S/C19H15N3O/c1-12(23)21-17-9-5-3-7-15(17)18-19-14(10-11-20-18)13-6-2-4-8-16(13)22-19/h2-11,22H,1H3,(H,21,23). The van der Waals surface area contributed by atoms with Crippen molar-refractivity contribution < 1.29 is 4.79 Å². The molecule has 4 heteroatoms. The number of aromatic amines is 1.